The number of rotatable bonds is 2. The minimum atomic E-state index is -0.235. The highest BCUT2D eigenvalue weighted by molar-refractivity contribution is 6.26. The van der Waals surface area contributed by atoms with Crippen LogP contribution in [0, 0.1) is 5.82 Å². The zero-order valence-corrected chi connectivity index (χ0v) is 20.4. The van der Waals surface area contributed by atoms with E-state index in [1.54, 1.807) is 12.1 Å². The van der Waals surface area contributed by atoms with Crippen molar-refractivity contribution in [2.75, 3.05) is 0 Å². The molecule has 2 heteroatoms. The third kappa shape index (κ3) is 3.04. The lowest BCUT2D eigenvalue weighted by Gasteiger charge is -2.18. The fourth-order valence-electron chi connectivity index (χ4n) is 6.09. The van der Waals surface area contributed by atoms with Gasteiger partial charge in [0.05, 0.1) is 0 Å². The normalized spacial score (nSPS) is 11.8. The quantitative estimate of drug-likeness (QED) is 0.221. The van der Waals surface area contributed by atoms with Crippen molar-refractivity contribution in [3.05, 3.63) is 133 Å². The summed E-state index contributed by atoms with van der Waals surface area (Å²) < 4.78 is 20.8. The molecule has 1 nitrogen and oxygen atoms in total. The van der Waals surface area contributed by atoms with E-state index >= 15 is 0 Å². The van der Waals surface area contributed by atoms with Crippen LogP contribution in [-0.4, -0.2) is 0 Å². The van der Waals surface area contributed by atoms with E-state index in [4.69, 9.17) is 4.42 Å². The number of benzene rings is 7. The Morgan fingerprint density at radius 3 is 1.74 bits per heavy atom. The Labute approximate surface area is 218 Å². The van der Waals surface area contributed by atoms with E-state index in [0.29, 0.717) is 0 Å². The predicted molar refractivity (Wildman–Crippen MR) is 157 cm³/mol. The number of hydrogen-bond donors (Lipinski definition) is 0. The van der Waals surface area contributed by atoms with Crippen LogP contribution in [0.4, 0.5) is 4.39 Å². The molecule has 0 N–H and O–H groups in total. The number of fused-ring (bicyclic) bond motifs is 6. The summed E-state index contributed by atoms with van der Waals surface area (Å²) in [5, 5.41) is 9.04. The molecule has 7 aromatic carbocycles. The summed E-state index contributed by atoms with van der Waals surface area (Å²) in [6, 6.07) is 42.9. The molecule has 0 unspecified atom stereocenters. The molecule has 0 atom stereocenters. The van der Waals surface area contributed by atoms with Crippen molar-refractivity contribution in [2.24, 2.45) is 0 Å². The first-order valence-corrected chi connectivity index (χ1v) is 12.8. The standard InChI is InChI=1S/C36H21FO/c37-25-12-7-11-24(19-25)34-26-13-3-5-15-28(26)35(29-16-6-4-14-27(29)34)30-17-8-18-32-36(30)31-20-22-9-1-2-10-23(22)21-33(31)38-32/h1-21H. The maximum atomic E-state index is 14.4. The molecule has 0 saturated carbocycles. The molecule has 0 saturated heterocycles. The zero-order valence-electron chi connectivity index (χ0n) is 20.4. The van der Waals surface area contributed by atoms with Gasteiger partial charge in [0, 0.05) is 10.8 Å². The summed E-state index contributed by atoms with van der Waals surface area (Å²) in [6.07, 6.45) is 0. The monoisotopic (exact) mass is 488 g/mol. The van der Waals surface area contributed by atoms with E-state index in [1.165, 1.54) is 11.5 Å². The van der Waals surface area contributed by atoms with E-state index in [2.05, 4.69) is 103 Å². The molecular formula is C36H21FO. The smallest absolute Gasteiger partial charge is 0.136 e. The first-order valence-electron chi connectivity index (χ1n) is 12.8. The van der Waals surface area contributed by atoms with Crippen molar-refractivity contribution in [1.29, 1.82) is 0 Å². The van der Waals surface area contributed by atoms with E-state index in [-0.39, 0.29) is 5.82 Å². The van der Waals surface area contributed by atoms with Gasteiger partial charge in [-0.25, -0.2) is 4.39 Å². The molecule has 8 aromatic rings. The summed E-state index contributed by atoms with van der Waals surface area (Å²) in [7, 11) is 0. The van der Waals surface area contributed by atoms with Crippen molar-refractivity contribution in [3.63, 3.8) is 0 Å². The highest BCUT2D eigenvalue weighted by Crippen LogP contribution is 2.47. The molecule has 0 bridgehead atoms. The van der Waals surface area contributed by atoms with Gasteiger partial charge in [0.15, 0.2) is 0 Å². The van der Waals surface area contributed by atoms with Gasteiger partial charge in [-0.2, -0.15) is 0 Å². The van der Waals surface area contributed by atoms with Gasteiger partial charge in [-0.1, -0.05) is 97.1 Å². The Bertz CT molecular complexity index is 2150. The van der Waals surface area contributed by atoms with Crippen LogP contribution in [0.5, 0.6) is 0 Å². The fraction of sp³-hybridized carbons (Fsp3) is 0. The highest BCUT2D eigenvalue weighted by atomic mass is 19.1. The van der Waals surface area contributed by atoms with Gasteiger partial charge in [0.25, 0.3) is 0 Å². The van der Waals surface area contributed by atoms with Crippen LogP contribution >= 0.6 is 0 Å². The van der Waals surface area contributed by atoms with E-state index in [0.717, 1.165) is 71.1 Å². The number of furan rings is 1. The summed E-state index contributed by atoms with van der Waals surface area (Å²) in [4.78, 5) is 0. The summed E-state index contributed by atoms with van der Waals surface area (Å²) in [6.45, 7) is 0. The molecule has 178 valence electrons. The van der Waals surface area contributed by atoms with Gasteiger partial charge in [0.1, 0.15) is 17.0 Å². The van der Waals surface area contributed by atoms with Crippen LogP contribution in [0.3, 0.4) is 0 Å². The van der Waals surface area contributed by atoms with Gasteiger partial charge in [-0.05, 0) is 84.9 Å². The summed E-state index contributed by atoms with van der Waals surface area (Å²) in [5.41, 5.74) is 5.98. The maximum absolute atomic E-state index is 14.4. The lowest BCUT2D eigenvalue weighted by molar-refractivity contribution is 0.628. The molecule has 0 aliphatic carbocycles. The largest absolute Gasteiger partial charge is 0.456 e. The van der Waals surface area contributed by atoms with Crippen LogP contribution in [0.25, 0.3) is 76.5 Å². The van der Waals surface area contributed by atoms with Crippen molar-refractivity contribution in [2.45, 2.75) is 0 Å². The Kier molecular flexibility index (Phi) is 4.47. The van der Waals surface area contributed by atoms with Crippen LogP contribution in [-0.2, 0) is 0 Å². The first kappa shape index (κ1) is 21.2. The topological polar surface area (TPSA) is 13.1 Å². The maximum Gasteiger partial charge on any atom is 0.136 e. The van der Waals surface area contributed by atoms with Gasteiger partial charge < -0.3 is 4.42 Å². The molecule has 0 aliphatic heterocycles. The molecule has 0 radical (unpaired) electrons. The second-order valence-electron chi connectivity index (χ2n) is 9.83. The summed E-state index contributed by atoms with van der Waals surface area (Å²) in [5.74, 6) is -0.235. The molecule has 1 heterocycles. The summed E-state index contributed by atoms with van der Waals surface area (Å²) >= 11 is 0. The minimum Gasteiger partial charge on any atom is -0.456 e. The third-order valence-corrected chi connectivity index (χ3v) is 7.68. The van der Waals surface area contributed by atoms with Crippen LogP contribution in [0.15, 0.2) is 132 Å². The Morgan fingerprint density at radius 1 is 0.447 bits per heavy atom. The molecule has 8 rings (SSSR count). The third-order valence-electron chi connectivity index (χ3n) is 7.68. The second-order valence-corrected chi connectivity index (χ2v) is 9.83. The van der Waals surface area contributed by atoms with Crippen LogP contribution in [0.2, 0.25) is 0 Å². The Hall–Kier alpha value is -4.95. The van der Waals surface area contributed by atoms with Gasteiger partial charge >= 0.3 is 0 Å². The average molecular weight is 489 g/mol. The van der Waals surface area contributed by atoms with Crippen LogP contribution < -0.4 is 0 Å². The van der Waals surface area contributed by atoms with Crippen molar-refractivity contribution in [3.8, 4) is 22.3 Å². The predicted octanol–water partition coefficient (Wildman–Crippen LogP) is 10.5. The molecule has 0 spiro atoms. The van der Waals surface area contributed by atoms with Crippen LogP contribution in [0.1, 0.15) is 0 Å². The minimum absolute atomic E-state index is 0.235. The molecule has 0 amide bonds. The van der Waals surface area contributed by atoms with E-state index < -0.39 is 0 Å². The number of halogens is 1. The van der Waals surface area contributed by atoms with Gasteiger partial charge in [0.2, 0.25) is 0 Å². The molecular weight excluding hydrogens is 467 g/mol. The average Bonchev–Trinajstić information content (AvgIpc) is 3.32. The zero-order chi connectivity index (χ0) is 25.2. The highest BCUT2D eigenvalue weighted by Gasteiger charge is 2.20. The Morgan fingerprint density at radius 2 is 1.05 bits per heavy atom. The molecule has 0 aliphatic rings. The lowest BCUT2D eigenvalue weighted by atomic mass is 9.85. The SMILES string of the molecule is Fc1cccc(-c2c3ccccc3c(-c3cccc4oc5cc6ccccc6cc5c34)c3ccccc23)c1. The first-order chi connectivity index (χ1) is 18.8. The van der Waals surface area contributed by atoms with E-state index in [9.17, 15) is 4.39 Å². The van der Waals surface area contributed by atoms with Crippen molar-refractivity contribution >= 4 is 54.3 Å². The van der Waals surface area contributed by atoms with Gasteiger partial charge in [-0.3, -0.25) is 0 Å². The van der Waals surface area contributed by atoms with E-state index in [1.807, 2.05) is 6.07 Å². The van der Waals surface area contributed by atoms with Crippen molar-refractivity contribution in [1.82, 2.24) is 0 Å². The number of hydrogen-bond acceptors (Lipinski definition) is 1. The van der Waals surface area contributed by atoms with Gasteiger partial charge in [-0.15, -0.1) is 0 Å². The molecule has 1 aromatic heterocycles. The fourth-order valence-corrected chi connectivity index (χ4v) is 6.09. The molecule has 38 heavy (non-hydrogen) atoms. The second kappa shape index (κ2) is 8.03. The van der Waals surface area contributed by atoms with Crippen molar-refractivity contribution < 1.29 is 8.81 Å². The molecule has 0 fully saturated rings. The Balaban J connectivity index is 1.56. The lowest BCUT2D eigenvalue weighted by Crippen LogP contribution is -1.91.